The van der Waals surface area contributed by atoms with Gasteiger partial charge in [-0.1, -0.05) is 13.0 Å². The second-order valence-corrected chi connectivity index (χ2v) is 3.83. The molecule has 2 rings (SSSR count). The highest BCUT2D eigenvalue weighted by atomic mass is 15.3. The quantitative estimate of drug-likeness (QED) is 0.847. The van der Waals surface area contributed by atoms with E-state index in [9.17, 15) is 0 Å². The number of nitrogens with two attached hydrogens (primary N) is 1. The average Bonchev–Trinajstić information content (AvgIpc) is 2.63. The summed E-state index contributed by atoms with van der Waals surface area (Å²) in [5, 5.41) is 4.41. The van der Waals surface area contributed by atoms with Crippen LogP contribution < -0.4 is 5.73 Å². The summed E-state index contributed by atoms with van der Waals surface area (Å²) in [6.07, 6.45) is 3.44. The molecule has 16 heavy (non-hydrogen) atoms. The van der Waals surface area contributed by atoms with Crippen LogP contribution in [0.4, 0.5) is 5.82 Å². The first-order valence-corrected chi connectivity index (χ1v) is 5.42. The summed E-state index contributed by atoms with van der Waals surface area (Å²) in [7, 11) is 1.96. The zero-order valence-electron chi connectivity index (χ0n) is 9.64. The highest BCUT2D eigenvalue weighted by Crippen LogP contribution is 2.14. The van der Waals surface area contributed by atoms with E-state index in [0.29, 0.717) is 5.82 Å². The highest BCUT2D eigenvalue weighted by molar-refractivity contribution is 5.41. The minimum Gasteiger partial charge on any atom is -0.383 e. The maximum atomic E-state index is 5.82. The van der Waals surface area contributed by atoms with Crippen LogP contribution in [0.3, 0.4) is 0 Å². The van der Waals surface area contributed by atoms with Gasteiger partial charge in [0.25, 0.3) is 0 Å². The van der Waals surface area contributed by atoms with Crippen LogP contribution in [0.15, 0.2) is 24.4 Å². The van der Waals surface area contributed by atoms with Gasteiger partial charge >= 0.3 is 0 Å². The molecule has 0 aliphatic rings. The molecule has 0 aromatic carbocycles. The Labute approximate surface area is 95.1 Å². The fourth-order valence-electron chi connectivity index (χ4n) is 1.71. The zero-order chi connectivity index (χ0) is 11.5. The second kappa shape index (κ2) is 4.35. The van der Waals surface area contributed by atoms with Crippen LogP contribution in [0.2, 0.25) is 0 Å². The van der Waals surface area contributed by atoms with Gasteiger partial charge in [0.15, 0.2) is 0 Å². The number of aromatic nitrogens is 3. The van der Waals surface area contributed by atoms with Crippen molar-refractivity contribution in [2.45, 2.75) is 19.8 Å². The Morgan fingerprint density at radius 3 is 2.88 bits per heavy atom. The number of nitrogens with zero attached hydrogens (tertiary/aromatic N) is 3. The summed E-state index contributed by atoms with van der Waals surface area (Å²) in [5.74, 6) is 0.599. The number of rotatable bonds is 3. The van der Waals surface area contributed by atoms with E-state index in [-0.39, 0.29) is 0 Å². The van der Waals surface area contributed by atoms with Gasteiger partial charge in [0.1, 0.15) is 5.82 Å². The molecule has 84 valence electrons. The molecule has 4 nitrogen and oxygen atoms in total. The van der Waals surface area contributed by atoms with Gasteiger partial charge < -0.3 is 5.73 Å². The maximum Gasteiger partial charge on any atom is 0.126 e. The van der Waals surface area contributed by atoms with Gasteiger partial charge in [0.2, 0.25) is 0 Å². The number of hydrogen-bond acceptors (Lipinski definition) is 3. The number of anilines is 1. The molecule has 0 unspecified atom stereocenters. The van der Waals surface area contributed by atoms with Crippen LogP contribution in [-0.4, -0.2) is 14.8 Å². The van der Waals surface area contributed by atoms with Crippen molar-refractivity contribution in [1.82, 2.24) is 14.8 Å². The molecule has 0 amide bonds. The van der Waals surface area contributed by atoms with Crippen LogP contribution in [0, 0.1) is 0 Å². The molecule has 2 aromatic heterocycles. The molecule has 0 bridgehead atoms. The van der Waals surface area contributed by atoms with Crippen molar-refractivity contribution >= 4 is 5.82 Å². The lowest BCUT2D eigenvalue weighted by Gasteiger charge is -2.04. The molecule has 0 aliphatic carbocycles. The Bertz CT molecular complexity index is 488. The van der Waals surface area contributed by atoms with Gasteiger partial charge in [-0.15, -0.1) is 0 Å². The minimum atomic E-state index is 0.599. The fourth-order valence-corrected chi connectivity index (χ4v) is 1.71. The van der Waals surface area contributed by atoms with Crippen LogP contribution >= 0.6 is 0 Å². The third kappa shape index (κ3) is 2.05. The smallest absolute Gasteiger partial charge is 0.126 e. The predicted octanol–water partition coefficient (Wildman–Crippen LogP) is 1.55. The maximum absolute atomic E-state index is 5.82. The summed E-state index contributed by atoms with van der Waals surface area (Å²) in [5.41, 5.74) is 9.14. The van der Waals surface area contributed by atoms with Crippen molar-refractivity contribution in [1.29, 1.82) is 0 Å². The Balaban J connectivity index is 2.27. The molecular formula is C12H16N4. The average molecular weight is 216 g/mol. The van der Waals surface area contributed by atoms with Gasteiger partial charge in [-0.3, -0.25) is 4.68 Å². The molecular weight excluding hydrogens is 200 g/mol. The van der Waals surface area contributed by atoms with E-state index in [1.165, 1.54) is 0 Å². The predicted molar refractivity (Wildman–Crippen MR) is 64.0 cm³/mol. The Morgan fingerprint density at radius 2 is 2.25 bits per heavy atom. The summed E-state index contributed by atoms with van der Waals surface area (Å²) in [6, 6.07) is 6.02. The first-order chi connectivity index (χ1) is 7.70. The van der Waals surface area contributed by atoms with Crippen molar-refractivity contribution in [2.24, 2.45) is 7.05 Å². The van der Waals surface area contributed by atoms with Crippen molar-refractivity contribution in [3.63, 3.8) is 0 Å². The summed E-state index contributed by atoms with van der Waals surface area (Å²) < 4.78 is 1.91. The SMILES string of the molecule is CCc1cc(Cc2cccnc2N)n(C)n1. The summed E-state index contributed by atoms with van der Waals surface area (Å²) in [6.45, 7) is 2.10. The Morgan fingerprint density at radius 1 is 1.44 bits per heavy atom. The van der Waals surface area contributed by atoms with Crippen molar-refractivity contribution in [3.05, 3.63) is 41.3 Å². The molecule has 2 heterocycles. The van der Waals surface area contributed by atoms with Gasteiger partial charge in [-0.2, -0.15) is 5.10 Å². The molecule has 0 spiro atoms. The van der Waals surface area contributed by atoms with Crippen molar-refractivity contribution < 1.29 is 0 Å². The Kier molecular flexibility index (Phi) is 2.90. The fraction of sp³-hybridized carbons (Fsp3) is 0.333. The topological polar surface area (TPSA) is 56.7 Å². The van der Waals surface area contributed by atoms with E-state index in [4.69, 9.17) is 5.73 Å². The third-order valence-corrected chi connectivity index (χ3v) is 2.69. The normalized spacial score (nSPS) is 10.6. The van der Waals surface area contributed by atoms with Crippen LogP contribution in [-0.2, 0) is 19.9 Å². The lowest BCUT2D eigenvalue weighted by molar-refractivity contribution is 0.710. The number of pyridine rings is 1. The number of hydrogen-bond donors (Lipinski definition) is 1. The van der Waals surface area contributed by atoms with Crippen LogP contribution in [0.5, 0.6) is 0 Å². The van der Waals surface area contributed by atoms with Gasteiger partial charge in [-0.25, -0.2) is 4.98 Å². The van der Waals surface area contributed by atoms with E-state index < -0.39 is 0 Å². The van der Waals surface area contributed by atoms with E-state index in [1.807, 2.05) is 23.9 Å². The van der Waals surface area contributed by atoms with Crippen molar-refractivity contribution in [3.8, 4) is 0 Å². The van der Waals surface area contributed by atoms with Crippen molar-refractivity contribution in [2.75, 3.05) is 5.73 Å². The molecule has 0 saturated heterocycles. The molecule has 0 fully saturated rings. The second-order valence-electron chi connectivity index (χ2n) is 3.83. The lowest BCUT2D eigenvalue weighted by atomic mass is 10.1. The van der Waals surface area contributed by atoms with Gasteiger partial charge in [0, 0.05) is 30.9 Å². The molecule has 0 radical (unpaired) electrons. The first-order valence-electron chi connectivity index (χ1n) is 5.42. The molecule has 0 aliphatic heterocycles. The minimum absolute atomic E-state index is 0.599. The lowest BCUT2D eigenvalue weighted by Crippen LogP contribution is -2.02. The molecule has 2 N–H and O–H groups in total. The first kappa shape index (κ1) is 10.7. The molecule has 0 saturated carbocycles. The Hall–Kier alpha value is -1.84. The number of nitrogen functional groups attached to an aromatic ring is 1. The van der Waals surface area contributed by atoms with Crippen LogP contribution in [0.25, 0.3) is 0 Å². The summed E-state index contributed by atoms with van der Waals surface area (Å²) >= 11 is 0. The monoisotopic (exact) mass is 216 g/mol. The highest BCUT2D eigenvalue weighted by Gasteiger charge is 2.06. The summed E-state index contributed by atoms with van der Waals surface area (Å²) in [4.78, 5) is 4.08. The largest absolute Gasteiger partial charge is 0.383 e. The molecule has 0 atom stereocenters. The van der Waals surface area contributed by atoms with E-state index in [1.54, 1.807) is 6.20 Å². The van der Waals surface area contributed by atoms with E-state index in [0.717, 1.165) is 29.8 Å². The van der Waals surface area contributed by atoms with E-state index in [2.05, 4.69) is 23.1 Å². The number of aryl methyl sites for hydroxylation is 2. The molecule has 2 aromatic rings. The van der Waals surface area contributed by atoms with Gasteiger partial charge in [-0.05, 0) is 18.6 Å². The molecule has 4 heteroatoms. The van der Waals surface area contributed by atoms with Gasteiger partial charge in [0.05, 0.1) is 5.69 Å². The zero-order valence-corrected chi connectivity index (χ0v) is 9.64. The van der Waals surface area contributed by atoms with E-state index >= 15 is 0 Å². The standard InChI is InChI=1S/C12H16N4/c1-3-10-8-11(16(2)15-10)7-9-5-4-6-14-12(9)13/h4-6,8H,3,7H2,1-2H3,(H2,13,14). The third-order valence-electron chi connectivity index (χ3n) is 2.69. The van der Waals surface area contributed by atoms with Crippen LogP contribution in [0.1, 0.15) is 23.9 Å².